The SMILES string of the molecule is NC(Cc1ccccc1)C(=O)NCCCS(=O)(=O)O. The molecule has 0 aromatic heterocycles. The van der Waals surface area contributed by atoms with Crippen LogP contribution in [0.25, 0.3) is 0 Å². The van der Waals surface area contributed by atoms with Crippen LogP contribution in [0.1, 0.15) is 12.0 Å². The van der Waals surface area contributed by atoms with E-state index in [1.165, 1.54) is 0 Å². The summed E-state index contributed by atoms with van der Waals surface area (Å²) in [4.78, 5) is 11.6. The van der Waals surface area contributed by atoms with E-state index in [0.29, 0.717) is 6.42 Å². The summed E-state index contributed by atoms with van der Waals surface area (Å²) in [6, 6.07) is 8.70. The maximum absolute atomic E-state index is 11.6. The lowest BCUT2D eigenvalue weighted by Crippen LogP contribution is -2.42. The Balaban J connectivity index is 2.29. The van der Waals surface area contributed by atoms with Gasteiger partial charge in [0.1, 0.15) is 0 Å². The summed E-state index contributed by atoms with van der Waals surface area (Å²) in [5.41, 5.74) is 6.70. The average Bonchev–Trinajstić information content (AvgIpc) is 2.34. The van der Waals surface area contributed by atoms with E-state index in [-0.39, 0.29) is 24.6 Å². The van der Waals surface area contributed by atoms with Gasteiger partial charge in [-0.2, -0.15) is 8.42 Å². The molecule has 1 aromatic carbocycles. The zero-order chi connectivity index (χ0) is 14.3. The van der Waals surface area contributed by atoms with E-state index in [4.69, 9.17) is 10.3 Å². The number of benzene rings is 1. The monoisotopic (exact) mass is 286 g/mol. The number of carbonyl (C=O) groups excluding carboxylic acids is 1. The van der Waals surface area contributed by atoms with Crippen LogP contribution in [-0.2, 0) is 21.3 Å². The van der Waals surface area contributed by atoms with E-state index in [0.717, 1.165) is 5.56 Å². The quantitative estimate of drug-likeness (QED) is 0.481. The summed E-state index contributed by atoms with van der Waals surface area (Å²) in [5.74, 6) is -0.708. The molecule has 1 amide bonds. The second-order valence-electron chi connectivity index (χ2n) is 4.23. The molecule has 0 bridgehead atoms. The van der Waals surface area contributed by atoms with Gasteiger partial charge in [0.15, 0.2) is 0 Å². The van der Waals surface area contributed by atoms with Crippen molar-refractivity contribution in [2.24, 2.45) is 5.73 Å². The fraction of sp³-hybridized carbons (Fsp3) is 0.417. The molecule has 106 valence electrons. The second kappa shape index (κ2) is 7.22. The number of amides is 1. The molecule has 0 saturated heterocycles. The summed E-state index contributed by atoms with van der Waals surface area (Å²) < 4.78 is 29.5. The molecule has 1 aromatic rings. The lowest BCUT2D eigenvalue weighted by molar-refractivity contribution is -0.122. The highest BCUT2D eigenvalue weighted by Gasteiger charge is 2.13. The molecule has 6 nitrogen and oxygen atoms in total. The smallest absolute Gasteiger partial charge is 0.264 e. The zero-order valence-corrected chi connectivity index (χ0v) is 11.3. The van der Waals surface area contributed by atoms with E-state index >= 15 is 0 Å². The van der Waals surface area contributed by atoms with Crippen molar-refractivity contribution in [1.82, 2.24) is 5.32 Å². The fourth-order valence-corrected chi connectivity index (χ4v) is 2.07. The van der Waals surface area contributed by atoms with Crippen LogP contribution in [0.15, 0.2) is 30.3 Å². The van der Waals surface area contributed by atoms with Crippen LogP contribution in [0, 0.1) is 0 Å². The van der Waals surface area contributed by atoms with Gasteiger partial charge in [-0.3, -0.25) is 9.35 Å². The first kappa shape index (κ1) is 15.6. The normalized spacial score (nSPS) is 12.9. The maximum atomic E-state index is 11.6. The highest BCUT2D eigenvalue weighted by Crippen LogP contribution is 2.01. The topological polar surface area (TPSA) is 109 Å². The maximum Gasteiger partial charge on any atom is 0.264 e. The molecule has 7 heteroatoms. The van der Waals surface area contributed by atoms with Gasteiger partial charge >= 0.3 is 0 Å². The first-order valence-electron chi connectivity index (χ1n) is 5.91. The molecular weight excluding hydrogens is 268 g/mol. The van der Waals surface area contributed by atoms with Crippen LogP contribution in [0.3, 0.4) is 0 Å². The Bertz CT molecular complexity index is 502. The Morgan fingerprint density at radius 2 is 1.95 bits per heavy atom. The van der Waals surface area contributed by atoms with E-state index < -0.39 is 16.2 Å². The number of carbonyl (C=O) groups is 1. The molecule has 0 radical (unpaired) electrons. The van der Waals surface area contributed by atoms with Crippen LogP contribution >= 0.6 is 0 Å². The molecule has 0 saturated carbocycles. The number of hydrogen-bond donors (Lipinski definition) is 3. The predicted octanol–water partition coefficient (Wildman–Crippen LogP) is -0.0495. The van der Waals surface area contributed by atoms with Crippen LogP contribution in [-0.4, -0.2) is 37.2 Å². The molecule has 0 spiro atoms. The first-order valence-corrected chi connectivity index (χ1v) is 7.52. The van der Waals surface area contributed by atoms with Crippen LogP contribution in [0.4, 0.5) is 0 Å². The predicted molar refractivity (Wildman–Crippen MR) is 72.2 cm³/mol. The first-order chi connectivity index (χ1) is 8.88. The minimum Gasteiger partial charge on any atom is -0.355 e. The Morgan fingerprint density at radius 3 is 2.53 bits per heavy atom. The third-order valence-corrected chi connectivity index (χ3v) is 3.32. The van der Waals surface area contributed by atoms with Crippen LogP contribution in [0.2, 0.25) is 0 Å². The fourth-order valence-electron chi connectivity index (χ4n) is 1.56. The van der Waals surface area contributed by atoms with Gasteiger partial charge in [-0.05, 0) is 18.4 Å². The van der Waals surface area contributed by atoms with E-state index in [1.54, 1.807) is 0 Å². The van der Waals surface area contributed by atoms with Gasteiger partial charge in [0.25, 0.3) is 10.1 Å². The Labute approximate surface area is 112 Å². The standard InChI is InChI=1S/C12H18N2O4S/c13-11(9-10-5-2-1-3-6-10)12(15)14-7-4-8-19(16,17)18/h1-3,5-6,11H,4,7-9,13H2,(H,14,15)(H,16,17,18). The van der Waals surface area contributed by atoms with E-state index in [9.17, 15) is 13.2 Å². The van der Waals surface area contributed by atoms with Crippen molar-refractivity contribution in [3.8, 4) is 0 Å². The minimum atomic E-state index is -3.97. The molecule has 1 unspecified atom stereocenters. The summed E-state index contributed by atoms with van der Waals surface area (Å²) >= 11 is 0. The van der Waals surface area contributed by atoms with E-state index in [2.05, 4.69) is 5.32 Å². The third-order valence-electron chi connectivity index (χ3n) is 2.51. The lowest BCUT2D eigenvalue weighted by atomic mass is 10.1. The largest absolute Gasteiger partial charge is 0.355 e. The Kier molecular flexibility index (Phi) is 5.94. The molecule has 0 aliphatic carbocycles. The average molecular weight is 286 g/mol. The van der Waals surface area contributed by atoms with Gasteiger partial charge in [0.2, 0.25) is 5.91 Å². The Morgan fingerprint density at radius 1 is 1.32 bits per heavy atom. The molecule has 0 aliphatic heterocycles. The molecule has 0 fully saturated rings. The number of nitrogens with two attached hydrogens (primary N) is 1. The van der Waals surface area contributed by atoms with Crippen molar-refractivity contribution >= 4 is 16.0 Å². The lowest BCUT2D eigenvalue weighted by Gasteiger charge is -2.12. The molecule has 19 heavy (non-hydrogen) atoms. The van der Waals surface area contributed by atoms with Crippen molar-refractivity contribution < 1.29 is 17.8 Å². The summed E-state index contributed by atoms with van der Waals surface area (Å²) in [6.45, 7) is 0.168. The molecule has 4 N–H and O–H groups in total. The molecular formula is C12H18N2O4S. The van der Waals surface area contributed by atoms with Gasteiger partial charge in [-0.1, -0.05) is 30.3 Å². The Hall–Kier alpha value is -1.44. The summed E-state index contributed by atoms with van der Waals surface area (Å²) in [7, 11) is -3.97. The third kappa shape index (κ3) is 6.90. The molecule has 1 rings (SSSR count). The molecule has 1 atom stereocenters. The van der Waals surface area contributed by atoms with Gasteiger partial charge in [-0.25, -0.2) is 0 Å². The summed E-state index contributed by atoms with van der Waals surface area (Å²) in [6.07, 6.45) is 0.577. The van der Waals surface area contributed by atoms with Crippen LogP contribution in [0.5, 0.6) is 0 Å². The van der Waals surface area contributed by atoms with Crippen molar-refractivity contribution in [2.45, 2.75) is 18.9 Å². The zero-order valence-electron chi connectivity index (χ0n) is 10.5. The summed E-state index contributed by atoms with van der Waals surface area (Å²) in [5, 5.41) is 2.54. The van der Waals surface area contributed by atoms with Crippen molar-refractivity contribution in [3.63, 3.8) is 0 Å². The van der Waals surface area contributed by atoms with Gasteiger partial charge in [0, 0.05) is 6.54 Å². The highest BCUT2D eigenvalue weighted by molar-refractivity contribution is 7.85. The van der Waals surface area contributed by atoms with Crippen molar-refractivity contribution in [3.05, 3.63) is 35.9 Å². The van der Waals surface area contributed by atoms with Crippen LogP contribution < -0.4 is 11.1 Å². The van der Waals surface area contributed by atoms with Gasteiger partial charge in [-0.15, -0.1) is 0 Å². The van der Waals surface area contributed by atoms with Gasteiger partial charge in [0.05, 0.1) is 11.8 Å². The van der Waals surface area contributed by atoms with Gasteiger partial charge < -0.3 is 11.1 Å². The molecule has 0 heterocycles. The van der Waals surface area contributed by atoms with Crippen molar-refractivity contribution in [1.29, 1.82) is 0 Å². The number of hydrogen-bond acceptors (Lipinski definition) is 4. The highest BCUT2D eigenvalue weighted by atomic mass is 32.2. The minimum absolute atomic E-state index is 0.155. The number of nitrogens with one attached hydrogen (secondary N) is 1. The second-order valence-corrected chi connectivity index (χ2v) is 5.80. The van der Waals surface area contributed by atoms with E-state index in [1.807, 2.05) is 30.3 Å². The van der Waals surface area contributed by atoms with Crippen molar-refractivity contribution in [2.75, 3.05) is 12.3 Å². The molecule has 0 aliphatic rings. The number of rotatable bonds is 7.